The molecule has 2 aromatic rings. The molecule has 3 rings (SSSR count). The van der Waals surface area contributed by atoms with Gasteiger partial charge in [0.05, 0.1) is 11.4 Å². The van der Waals surface area contributed by atoms with E-state index in [-0.39, 0.29) is 18.3 Å². The molecular weight excluding hydrogens is 350 g/mol. The van der Waals surface area contributed by atoms with E-state index < -0.39 is 0 Å². The van der Waals surface area contributed by atoms with E-state index in [1.165, 1.54) is 12.0 Å². The average Bonchev–Trinajstić information content (AvgIpc) is 3.02. The molecule has 0 radical (unpaired) electrons. The Bertz CT molecular complexity index is 720. The Hall–Kier alpha value is -1.92. The summed E-state index contributed by atoms with van der Waals surface area (Å²) < 4.78 is 1.74. The minimum Gasteiger partial charge on any atom is -0.337 e. The number of carbonyl (C=O) groups is 1. The summed E-state index contributed by atoms with van der Waals surface area (Å²) in [4.78, 5) is 14.8. The number of nitrogens with one attached hydrogen (secondary N) is 1. The van der Waals surface area contributed by atoms with Crippen LogP contribution in [0, 0.1) is 19.8 Å². The fourth-order valence-corrected chi connectivity index (χ4v) is 3.38. The zero-order valence-electron chi connectivity index (χ0n) is 15.7. The molecule has 0 aliphatic carbocycles. The molecule has 0 bridgehead atoms. The number of rotatable bonds is 5. The van der Waals surface area contributed by atoms with Gasteiger partial charge < -0.3 is 10.2 Å². The first-order valence-electron chi connectivity index (χ1n) is 9.03. The van der Waals surface area contributed by atoms with Crippen LogP contribution in [0.3, 0.4) is 0 Å². The van der Waals surface area contributed by atoms with Crippen LogP contribution in [0.1, 0.15) is 41.0 Å². The number of nitrogens with zero attached hydrogens (tertiary/aromatic N) is 4. The normalized spacial score (nSPS) is 15.0. The number of hydrogen-bond donors (Lipinski definition) is 1. The highest BCUT2D eigenvalue weighted by atomic mass is 35.5. The minimum atomic E-state index is 0. The maximum atomic E-state index is 12.8. The molecule has 1 aromatic heterocycles. The van der Waals surface area contributed by atoms with Gasteiger partial charge in [0, 0.05) is 13.1 Å². The lowest BCUT2D eigenvalue weighted by molar-refractivity contribution is 0.0680. The largest absolute Gasteiger partial charge is 0.337 e. The molecule has 1 amide bonds. The van der Waals surface area contributed by atoms with Gasteiger partial charge in [0.15, 0.2) is 5.69 Å². The van der Waals surface area contributed by atoms with Gasteiger partial charge in [-0.2, -0.15) is 0 Å². The molecule has 1 saturated heterocycles. The molecule has 1 aromatic carbocycles. The first kappa shape index (κ1) is 20.4. The van der Waals surface area contributed by atoms with Crippen LogP contribution in [-0.4, -0.2) is 52.5 Å². The molecule has 1 fully saturated rings. The van der Waals surface area contributed by atoms with E-state index in [1.807, 2.05) is 50.1 Å². The summed E-state index contributed by atoms with van der Waals surface area (Å²) >= 11 is 0. The van der Waals surface area contributed by atoms with Crippen molar-refractivity contribution in [3.05, 3.63) is 41.2 Å². The lowest BCUT2D eigenvalue weighted by Crippen LogP contribution is -2.39. The monoisotopic (exact) mass is 377 g/mol. The van der Waals surface area contributed by atoms with Gasteiger partial charge in [-0.3, -0.25) is 4.79 Å². The maximum Gasteiger partial charge on any atom is 0.276 e. The third-order valence-electron chi connectivity index (χ3n) is 5.08. The second-order valence-electron chi connectivity index (χ2n) is 6.90. The van der Waals surface area contributed by atoms with Gasteiger partial charge in [-0.15, -0.1) is 17.5 Å². The Kier molecular flexibility index (Phi) is 7.17. The minimum absolute atomic E-state index is 0. The number of aryl methyl sites for hydroxylation is 1. The van der Waals surface area contributed by atoms with E-state index in [9.17, 15) is 4.79 Å². The van der Waals surface area contributed by atoms with Crippen molar-refractivity contribution in [1.82, 2.24) is 25.2 Å². The van der Waals surface area contributed by atoms with Crippen molar-refractivity contribution in [2.24, 2.45) is 5.92 Å². The second kappa shape index (κ2) is 9.14. The zero-order valence-corrected chi connectivity index (χ0v) is 16.6. The van der Waals surface area contributed by atoms with E-state index >= 15 is 0 Å². The Balaban J connectivity index is 0.00000243. The molecule has 0 atom stereocenters. The number of aromatic nitrogens is 3. The van der Waals surface area contributed by atoms with Crippen molar-refractivity contribution in [3.63, 3.8) is 0 Å². The van der Waals surface area contributed by atoms with Gasteiger partial charge in [0.25, 0.3) is 5.91 Å². The molecule has 2 heterocycles. The van der Waals surface area contributed by atoms with Crippen molar-refractivity contribution in [2.75, 3.05) is 26.7 Å². The Morgan fingerprint density at radius 1 is 1.19 bits per heavy atom. The maximum absolute atomic E-state index is 12.8. The molecule has 6 nitrogen and oxygen atoms in total. The lowest BCUT2D eigenvalue weighted by atomic mass is 9.93. The molecule has 26 heavy (non-hydrogen) atoms. The van der Waals surface area contributed by atoms with Crippen LogP contribution in [-0.2, 0) is 0 Å². The molecule has 1 aliphatic rings. The van der Waals surface area contributed by atoms with Crippen LogP contribution in [0.25, 0.3) is 5.69 Å². The number of hydrogen-bond acceptors (Lipinski definition) is 4. The smallest absolute Gasteiger partial charge is 0.276 e. The summed E-state index contributed by atoms with van der Waals surface area (Å²) in [6.45, 7) is 6.62. The topological polar surface area (TPSA) is 63.1 Å². The highest BCUT2D eigenvalue weighted by molar-refractivity contribution is 5.93. The van der Waals surface area contributed by atoms with E-state index in [0.29, 0.717) is 11.6 Å². The van der Waals surface area contributed by atoms with Crippen LogP contribution in [0.15, 0.2) is 24.3 Å². The highest BCUT2D eigenvalue weighted by Gasteiger charge is 2.27. The van der Waals surface area contributed by atoms with E-state index in [2.05, 4.69) is 15.6 Å². The molecule has 1 aliphatic heterocycles. The quantitative estimate of drug-likeness (QED) is 0.870. The van der Waals surface area contributed by atoms with Crippen molar-refractivity contribution in [1.29, 1.82) is 0 Å². The molecule has 7 heteroatoms. The van der Waals surface area contributed by atoms with Crippen LogP contribution < -0.4 is 5.32 Å². The van der Waals surface area contributed by atoms with E-state index in [0.717, 1.165) is 43.9 Å². The number of likely N-dealkylation sites (tertiary alicyclic amines) is 1. The Morgan fingerprint density at radius 3 is 2.46 bits per heavy atom. The molecule has 142 valence electrons. The summed E-state index contributed by atoms with van der Waals surface area (Å²) in [5, 5.41) is 11.6. The van der Waals surface area contributed by atoms with Gasteiger partial charge in [-0.05, 0) is 64.8 Å². The fourth-order valence-electron chi connectivity index (χ4n) is 3.38. The Morgan fingerprint density at radius 2 is 1.85 bits per heavy atom. The number of piperidine rings is 1. The van der Waals surface area contributed by atoms with Gasteiger partial charge >= 0.3 is 0 Å². The standard InChI is InChI=1S/C19H27N5O.ClH/c1-14-4-6-17(7-5-14)24-15(2)18(21-22-24)19(25)23-12-9-16(10-13-23)8-11-20-3;/h4-7,16,20H,8-13H2,1-3H3;1H. The SMILES string of the molecule is CNCCC1CCN(C(=O)c2nnn(-c3ccc(C)cc3)c2C)CC1.Cl. The molecule has 0 saturated carbocycles. The third kappa shape index (κ3) is 4.43. The molecule has 1 N–H and O–H groups in total. The van der Waals surface area contributed by atoms with Crippen LogP contribution in [0.4, 0.5) is 0 Å². The lowest BCUT2D eigenvalue weighted by Gasteiger charge is -2.31. The number of amides is 1. The van der Waals surface area contributed by atoms with Crippen molar-refractivity contribution in [3.8, 4) is 5.69 Å². The molecule has 0 spiro atoms. The number of benzene rings is 1. The zero-order chi connectivity index (χ0) is 17.8. The van der Waals surface area contributed by atoms with Crippen molar-refractivity contribution >= 4 is 18.3 Å². The van der Waals surface area contributed by atoms with Crippen LogP contribution in [0.2, 0.25) is 0 Å². The van der Waals surface area contributed by atoms with E-state index in [4.69, 9.17) is 0 Å². The summed E-state index contributed by atoms with van der Waals surface area (Å²) in [6, 6.07) is 8.07. The fraction of sp³-hybridized carbons (Fsp3) is 0.526. The van der Waals surface area contributed by atoms with Crippen molar-refractivity contribution < 1.29 is 4.79 Å². The van der Waals surface area contributed by atoms with Gasteiger partial charge in [-0.25, -0.2) is 4.68 Å². The number of halogens is 1. The highest BCUT2D eigenvalue weighted by Crippen LogP contribution is 2.22. The first-order chi connectivity index (χ1) is 12.1. The van der Waals surface area contributed by atoms with Gasteiger partial charge in [-0.1, -0.05) is 22.9 Å². The van der Waals surface area contributed by atoms with Crippen LogP contribution in [0.5, 0.6) is 0 Å². The second-order valence-corrected chi connectivity index (χ2v) is 6.90. The summed E-state index contributed by atoms with van der Waals surface area (Å²) in [6.07, 6.45) is 3.32. The summed E-state index contributed by atoms with van der Waals surface area (Å²) in [5.41, 5.74) is 3.39. The third-order valence-corrected chi connectivity index (χ3v) is 5.08. The summed E-state index contributed by atoms with van der Waals surface area (Å²) in [5.74, 6) is 0.712. The summed E-state index contributed by atoms with van der Waals surface area (Å²) in [7, 11) is 1.98. The number of carbonyl (C=O) groups excluding carboxylic acids is 1. The van der Waals surface area contributed by atoms with Crippen molar-refractivity contribution in [2.45, 2.75) is 33.1 Å². The van der Waals surface area contributed by atoms with E-state index in [1.54, 1.807) is 4.68 Å². The predicted molar refractivity (Wildman–Crippen MR) is 105 cm³/mol. The molecule has 0 unspecified atom stereocenters. The predicted octanol–water partition coefficient (Wildman–Crippen LogP) is 2.77. The van der Waals surface area contributed by atoms with Gasteiger partial charge in [0.1, 0.15) is 0 Å². The van der Waals surface area contributed by atoms with Crippen LogP contribution >= 0.6 is 12.4 Å². The first-order valence-corrected chi connectivity index (χ1v) is 9.03. The molecular formula is C19H28ClN5O. The average molecular weight is 378 g/mol. The van der Waals surface area contributed by atoms with Gasteiger partial charge in [0.2, 0.25) is 0 Å². The Labute approximate surface area is 161 Å².